The second-order valence-corrected chi connectivity index (χ2v) is 6.41. The molecule has 0 aromatic carbocycles. The highest BCUT2D eigenvalue weighted by molar-refractivity contribution is 7.20. The van der Waals surface area contributed by atoms with Crippen molar-refractivity contribution >= 4 is 40.3 Å². The van der Waals surface area contributed by atoms with Gasteiger partial charge in [-0.3, -0.25) is 4.79 Å². The number of ketones is 1. The Labute approximate surface area is 122 Å². The molecular weight excluding hydrogens is 291 g/mol. The average molecular weight is 309 g/mol. The lowest BCUT2D eigenvalue weighted by Gasteiger charge is -2.03. The Balaban J connectivity index is 2.16. The van der Waals surface area contributed by atoms with Crippen molar-refractivity contribution in [3.8, 4) is 0 Å². The van der Waals surface area contributed by atoms with E-state index in [0.717, 1.165) is 12.8 Å². The Morgan fingerprint density at radius 3 is 2.61 bits per heavy atom. The highest BCUT2D eigenvalue weighted by Gasteiger charge is 2.13. The predicted octanol–water partition coefficient (Wildman–Crippen LogP) is 5.22. The summed E-state index contributed by atoms with van der Waals surface area (Å²) in [5.74, 6) is -0.100. The van der Waals surface area contributed by atoms with Crippen molar-refractivity contribution in [2.45, 2.75) is 39.0 Å². The van der Waals surface area contributed by atoms with Crippen LogP contribution in [-0.2, 0) is 4.74 Å². The molecule has 0 amide bonds. The molecule has 2 nitrogen and oxygen atoms in total. The molecule has 0 unspecified atom stereocenters. The number of hydrogen-bond acceptors (Lipinski definition) is 3. The zero-order chi connectivity index (χ0) is 13.4. The summed E-state index contributed by atoms with van der Waals surface area (Å²) in [5.41, 5.74) is 0.470. The number of halogens is 2. The van der Waals surface area contributed by atoms with Gasteiger partial charge >= 0.3 is 0 Å². The third-order valence-electron chi connectivity index (χ3n) is 2.58. The Bertz CT molecular complexity index is 377. The molecule has 1 heterocycles. The van der Waals surface area contributed by atoms with Crippen LogP contribution in [0, 0.1) is 0 Å². The van der Waals surface area contributed by atoms with Crippen LogP contribution in [0.5, 0.6) is 0 Å². The van der Waals surface area contributed by atoms with Gasteiger partial charge < -0.3 is 4.74 Å². The van der Waals surface area contributed by atoms with Gasteiger partial charge in [0.1, 0.15) is 10.9 Å². The molecule has 0 radical (unpaired) electrons. The maximum absolute atomic E-state index is 11.8. The van der Waals surface area contributed by atoms with Crippen LogP contribution in [-0.4, -0.2) is 19.0 Å². The molecule has 0 N–H and O–H groups in total. The second kappa shape index (κ2) is 8.92. The number of Topliss-reactive ketones (excluding diaryl/α,β-unsaturated/α-hetero) is 1. The number of rotatable bonds is 9. The van der Waals surface area contributed by atoms with Crippen LogP contribution >= 0.6 is 34.5 Å². The monoisotopic (exact) mass is 308 g/mol. The number of thiophene rings is 1. The average Bonchev–Trinajstić information content (AvgIpc) is 2.67. The van der Waals surface area contributed by atoms with E-state index in [2.05, 4.69) is 6.92 Å². The predicted molar refractivity (Wildman–Crippen MR) is 78.2 cm³/mol. The van der Waals surface area contributed by atoms with Gasteiger partial charge in [0.25, 0.3) is 0 Å². The van der Waals surface area contributed by atoms with Crippen LogP contribution in [0.15, 0.2) is 6.07 Å². The van der Waals surface area contributed by atoms with E-state index in [1.54, 1.807) is 6.07 Å². The normalized spacial score (nSPS) is 10.8. The summed E-state index contributed by atoms with van der Waals surface area (Å²) in [7, 11) is 0. The fourth-order valence-electron chi connectivity index (χ4n) is 1.58. The molecule has 0 saturated heterocycles. The summed E-state index contributed by atoms with van der Waals surface area (Å²) in [6.07, 6.45) is 5.90. The first-order chi connectivity index (χ1) is 8.65. The van der Waals surface area contributed by atoms with E-state index in [1.807, 2.05) is 0 Å². The third-order valence-corrected chi connectivity index (χ3v) is 4.07. The first kappa shape index (κ1) is 16.0. The fraction of sp³-hybridized carbons (Fsp3) is 0.615. The van der Waals surface area contributed by atoms with Crippen LogP contribution in [0.1, 0.15) is 49.4 Å². The first-order valence-corrected chi connectivity index (χ1v) is 7.78. The van der Waals surface area contributed by atoms with Crippen molar-refractivity contribution in [3.05, 3.63) is 20.3 Å². The molecule has 0 aliphatic heterocycles. The molecule has 1 rings (SSSR count). The molecule has 0 saturated carbocycles. The zero-order valence-electron chi connectivity index (χ0n) is 10.5. The van der Waals surface area contributed by atoms with Gasteiger partial charge in [-0.05, 0) is 12.5 Å². The lowest BCUT2D eigenvalue weighted by atomic mass is 10.2. The lowest BCUT2D eigenvalue weighted by Crippen LogP contribution is -2.09. The maximum atomic E-state index is 11.8. The van der Waals surface area contributed by atoms with Crippen molar-refractivity contribution in [2.24, 2.45) is 0 Å². The van der Waals surface area contributed by atoms with Gasteiger partial charge in [0.05, 0.1) is 9.90 Å². The topological polar surface area (TPSA) is 26.3 Å². The van der Waals surface area contributed by atoms with Gasteiger partial charge in [-0.1, -0.05) is 55.8 Å². The Kier molecular flexibility index (Phi) is 7.91. The van der Waals surface area contributed by atoms with Crippen LogP contribution in [0.3, 0.4) is 0 Å². The first-order valence-electron chi connectivity index (χ1n) is 6.21. The number of carbonyl (C=O) groups excluding carboxylic acids is 1. The SMILES string of the molecule is CCCCCCCOCC(=O)c1cc(Cl)sc1Cl. The van der Waals surface area contributed by atoms with E-state index in [4.69, 9.17) is 27.9 Å². The van der Waals surface area contributed by atoms with E-state index in [1.165, 1.54) is 30.6 Å². The summed E-state index contributed by atoms with van der Waals surface area (Å²) >= 11 is 12.9. The fourth-order valence-corrected chi connectivity index (χ4v) is 3.08. The highest BCUT2D eigenvalue weighted by atomic mass is 35.5. The minimum Gasteiger partial charge on any atom is -0.373 e. The van der Waals surface area contributed by atoms with Crippen LogP contribution < -0.4 is 0 Å². The number of carbonyl (C=O) groups is 1. The van der Waals surface area contributed by atoms with Crippen LogP contribution in [0.2, 0.25) is 8.67 Å². The van der Waals surface area contributed by atoms with Gasteiger partial charge in [0.2, 0.25) is 0 Å². The van der Waals surface area contributed by atoms with E-state index < -0.39 is 0 Å². The lowest BCUT2D eigenvalue weighted by molar-refractivity contribution is 0.0753. The number of unbranched alkanes of at least 4 members (excludes halogenated alkanes) is 4. The zero-order valence-corrected chi connectivity index (χ0v) is 12.8. The van der Waals surface area contributed by atoms with Crippen LogP contribution in [0.4, 0.5) is 0 Å². The third kappa shape index (κ3) is 5.70. The smallest absolute Gasteiger partial charge is 0.190 e. The van der Waals surface area contributed by atoms with Gasteiger partial charge in [-0.2, -0.15) is 0 Å². The molecule has 0 fully saturated rings. The largest absolute Gasteiger partial charge is 0.373 e. The van der Waals surface area contributed by atoms with Crippen molar-refractivity contribution in [2.75, 3.05) is 13.2 Å². The van der Waals surface area contributed by atoms with E-state index in [0.29, 0.717) is 20.8 Å². The quantitative estimate of drug-likeness (QED) is 0.461. The summed E-state index contributed by atoms with van der Waals surface area (Å²) < 4.78 is 6.32. The van der Waals surface area contributed by atoms with Gasteiger partial charge in [0.15, 0.2) is 5.78 Å². The molecular formula is C13H18Cl2O2S. The summed E-state index contributed by atoms with van der Waals surface area (Å²) in [6.45, 7) is 2.90. The molecule has 0 aliphatic carbocycles. The minimum atomic E-state index is -0.100. The maximum Gasteiger partial charge on any atom is 0.190 e. The molecule has 0 spiro atoms. The summed E-state index contributed by atoms with van der Waals surface area (Å²) in [6, 6.07) is 1.60. The van der Waals surface area contributed by atoms with E-state index >= 15 is 0 Å². The standard InChI is InChI=1S/C13H18Cl2O2S/c1-2-3-4-5-6-7-17-9-11(16)10-8-12(14)18-13(10)15/h8H,2-7,9H2,1H3. The molecule has 18 heavy (non-hydrogen) atoms. The van der Waals surface area contributed by atoms with Gasteiger partial charge in [-0.15, -0.1) is 11.3 Å². The molecule has 0 aliphatic rings. The van der Waals surface area contributed by atoms with Gasteiger partial charge in [-0.25, -0.2) is 0 Å². The summed E-state index contributed by atoms with van der Waals surface area (Å²) in [5, 5.41) is 0. The Morgan fingerprint density at radius 1 is 1.28 bits per heavy atom. The highest BCUT2D eigenvalue weighted by Crippen LogP contribution is 2.31. The van der Waals surface area contributed by atoms with Crippen molar-refractivity contribution in [3.63, 3.8) is 0 Å². The molecule has 102 valence electrons. The molecule has 1 aromatic heterocycles. The van der Waals surface area contributed by atoms with Crippen LogP contribution in [0.25, 0.3) is 0 Å². The number of ether oxygens (including phenoxy) is 1. The minimum absolute atomic E-state index is 0.0839. The molecule has 1 aromatic rings. The number of hydrogen-bond donors (Lipinski definition) is 0. The van der Waals surface area contributed by atoms with Crippen molar-refractivity contribution < 1.29 is 9.53 Å². The van der Waals surface area contributed by atoms with E-state index in [9.17, 15) is 4.79 Å². The molecule has 5 heteroatoms. The molecule has 0 atom stereocenters. The Morgan fingerprint density at radius 2 is 2.00 bits per heavy atom. The van der Waals surface area contributed by atoms with E-state index in [-0.39, 0.29) is 12.4 Å². The Hall–Kier alpha value is -0.0900. The van der Waals surface area contributed by atoms with Gasteiger partial charge in [0, 0.05) is 6.61 Å². The molecule has 0 bridgehead atoms. The van der Waals surface area contributed by atoms with Crippen molar-refractivity contribution in [1.82, 2.24) is 0 Å². The second-order valence-electron chi connectivity index (χ2n) is 4.13. The van der Waals surface area contributed by atoms with Crippen molar-refractivity contribution in [1.29, 1.82) is 0 Å². The summed E-state index contributed by atoms with van der Waals surface area (Å²) in [4.78, 5) is 11.8.